The van der Waals surface area contributed by atoms with Crippen LogP contribution in [0.1, 0.15) is 29.5 Å². The fourth-order valence-electron chi connectivity index (χ4n) is 4.71. The lowest BCUT2D eigenvalue weighted by Gasteiger charge is -2.38. The first-order valence-corrected chi connectivity index (χ1v) is 13.8. The van der Waals surface area contributed by atoms with Crippen molar-refractivity contribution in [2.75, 3.05) is 37.7 Å². The monoisotopic (exact) mass is 522 g/mol. The van der Waals surface area contributed by atoms with Gasteiger partial charge in [0.05, 0.1) is 17.7 Å². The van der Waals surface area contributed by atoms with E-state index in [2.05, 4.69) is 17.4 Å². The lowest BCUT2D eigenvalue weighted by Crippen LogP contribution is -2.48. The van der Waals surface area contributed by atoms with Gasteiger partial charge in [-0.25, -0.2) is 8.42 Å². The Kier molecular flexibility index (Phi) is 8.19. The highest BCUT2D eigenvalue weighted by atomic mass is 32.2. The third-order valence-electron chi connectivity index (χ3n) is 6.96. The van der Waals surface area contributed by atoms with E-state index in [1.807, 2.05) is 38.1 Å². The molecule has 7 nitrogen and oxygen atoms in total. The smallest absolute Gasteiger partial charge is 0.264 e. The Morgan fingerprint density at radius 2 is 1.62 bits per heavy atom. The lowest BCUT2D eigenvalue weighted by molar-refractivity contribution is -0.120. The fraction of sp³-hybridized carbons (Fsp3) is 0.345. The van der Waals surface area contributed by atoms with Crippen LogP contribution in [0.15, 0.2) is 77.7 Å². The average Bonchev–Trinajstić information content (AvgIpc) is 2.92. The summed E-state index contributed by atoms with van der Waals surface area (Å²) in [5.41, 5.74) is 2.99. The molecule has 1 aliphatic heterocycles. The van der Waals surface area contributed by atoms with Crippen molar-refractivity contribution in [3.8, 4) is 5.75 Å². The van der Waals surface area contributed by atoms with Crippen molar-refractivity contribution in [1.29, 1.82) is 0 Å². The number of rotatable bonds is 9. The second-order valence-corrected chi connectivity index (χ2v) is 11.4. The number of anilines is 1. The van der Waals surface area contributed by atoms with Crippen LogP contribution >= 0.6 is 0 Å². The first kappa shape index (κ1) is 26.7. The number of carbonyl (C=O) groups is 1. The van der Waals surface area contributed by atoms with Crippen LogP contribution in [0.5, 0.6) is 5.75 Å². The number of nitrogens with one attached hydrogen (secondary N) is 1. The highest BCUT2D eigenvalue weighted by Gasteiger charge is 2.36. The number of benzene rings is 3. The number of aryl methyl sites for hydroxylation is 2. The molecule has 1 N–H and O–H groups in total. The summed E-state index contributed by atoms with van der Waals surface area (Å²) in [7, 11) is -2.57. The summed E-state index contributed by atoms with van der Waals surface area (Å²) in [5.74, 6) is -0.0136. The van der Waals surface area contributed by atoms with Gasteiger partial charge in [-0.05, 0) is 62.1 Å². The molecule has 37 heavy (non-hydrogen) atoms. The summed E-state index contributed by atoms with van der Waals surface area (Å²) in [6.45, 7) is 5.00. The zero-order chi connectivity index (χ0) is 26.5. The molecule has 0 saturated carbocycles. The summed E-state index contributed by atoms with van der Waals surface area (Å²) in [5, 5.41) is 3.04. The van der Waals surface area contributed by atoms with Crippen molar-refractivity contribution in [3.63, 3.8) is 0 Å². The van der Waals surface area contributed by atoms with Crippen LogP contribution in [0, 0.1) is 13.8 Å². The fourth-order valence-corrected chi connectivity index (χ4v) is 6.13. The van der Waals surface area contributed by atoms with Crippen LogP contribution in [0.4, 0.5) is 5.69 Å². The largest absolute Gasteiger partial charge is 0.495 e. The molecule has 1 aliphatic rings. The highest BCUT2D eigenvalue weighted by molar-refractivity contribution is 7.92. The molecule has 0 aliphatic carbocycles. The molecule has 8 heteroatoms. The Balaban J connectivity index is 1.64. The number of nitrogens with zero attached hydrogens (tertiary/aromatic N) is 1. The maximum atomic E-state index is 13.8. The van der Waals surface area contributed by atoms with Gasteiger partial charge in [0.25, 0.3) is 10.0 Å². The molecular weight excluding hydrogens is 488 g/mol. The quantitative estimate of drug-likeness (QED) is 0.451. The standard InChI is InChI=1S/C29H34N2O5S/c1-22-9-12-25(13-10-22)37(33,34)31(26-19-23(2)11-14-27(26)35-3)20-28(32)30-21-29(15-17-36-18-16-29)24-7-5-4-6-8-24/h4-14,19H,15-18,20-21H2,1-3H3,(H,30,32). The maximum absolute atomic E-state index is 13.8. The van der Waals surface area contributed by atoms with E-state index < -0.39 is 10.0 Å². The Hall–Kier alpha value is -3.36. The molecule has 0 aromatic heterocycles. The van der Waals surface area contributed by atoms with Crippen molar-refractivity contribution in [2.45, 2.75) is 37.0 Å². The van der Waals surface area contributed by atoms with Crippen molar-refractivity contribution >= 4 is 21.6 Å². The molecule has 0 atom stereocenters. The van der Waals surface area contributed by atoms with E-state index in [1.165, 1.54) is 7.11 Å². The average molecular weight is 523 g/mol. The van der Waals surface area contributed by atoms with E-state index in [-0.39, 0.29) is 22.8 Å². The second kappa shape index (κ2) is 11.4. The predicted octanol–water partition coefficient (Wildman–Crippen LogP) is 4.37. The molecule has 1 heterocycles. The molecule has 1 amide bonds. The van der Waals surface area contributed by atoms with Crippen molar-refractivity contribution in [2.24, 2.45) is 0 Å². The summed E-state index contributed by atoms with van der Waals surface area (Å²) in [6.07, 6.45) is 1.54. The van der Waals surface area contributed by atoms with Crippen LogP contribution in [0.2, 0.25) is 0 Å². The number of hydrogen-bond acceptors (Lipinski definition) is 5. The maximum Gasteiger partial charge on any atom is 0.264 e. The predicted molar refractivity (Wildman–Crippen MR) is 145 cm³/mol. The number of ether oxygens (including phenoxy) is 2. The summed E-state index contributed by atoms with van der Waals surface area (Å²) >= 11 is 0. The molecule has 1 fully saturated rings. The topological polar surface area (TPSA) is 84.9 Å². The van der Waals surface area contributed by atoms with Crippen molar-refractivity contribution in [3.05, 3.63) is 89.5 Å². The van der Waals surface area contributed by atoms with Gasteiger partial charge in [-0.3, -0.25) is 9.10 Å². The Bertz CT molecular complexity index is 1320. The van der Waals surface area contributed by atoms with Gasteiger partial charge < -0.3 is 14.8 Å². The Morgan fingerprint density at radius 3 is 2.27 bits per heavy atom. The van der Waals surface area contributed by atoms with Gasteiger partial charge in [-0.15, -0.1) is 0 Å². The van der Waals surface area contributed by atoms with Crippen LogP contribution in [-0.2, 0) is 25.0 Å². The number of amides is 1. The summed E-state index contributed by atoms with van der Waals surface area (Å²) in [6, 6.07) is 22.0. The van der Waals surface area contributed by atoms with Crippen molar-refractivity contribution in [1.82, 2.24) is 5.32 Å². The van der Waals surface area contributed by atoms with Gasteiger partial charge in [0, 0.05) is 25.2 Å². The summed E-state index contributed by atoms with van der Waals surface area (Å²) < 4.78 is 39.9. The molecule has 1 saturated heterocycles. The number of methoxy groups -OCH3 is 1. The lowest BCUT2D eigenvalue weighted by atomic mass is 9.74. The molecule has 196 valence electrons. The first-order chi connectivity index (χ1) is 17.7. The van der Waals surface area contributed by atoms with Gasteiger partial charge >= 0.3 is 0 Å². The van der Waals surface area contributed by atoms with Gasteiger partial charge in [0.2, 0.25) is 5.91 Å². The van der Waals surface area contributed by atoms with Crippen molar-refractivity contribution < 1.29 is 22.7 Å². The molecule has 4 rings (SSSR count). The van der Waals surface area contributed by atoms with Crippen LogP contribution < -0.4 is 14.4 Å². The van der Waals surface area contributed by atoms with Gasteiger partial charge in [-0.2, -0.15) is 0 Å². The Morgan fingerprint density at radius 1 is 0.973 bits per heavy atom. The molecule has 3 aromatic carbocycles. The number of carbonyl (C=O) groups excluding carboxylic acids is 1. The Labute approximate surface area is 219 Å². The normalized spacial score (nSPS) is 15.1. The van der Waals surface area contributed by atoms with E-state index in [0.717, 1.165) is 33.8 Å². The van der Waals surface area contributed by atoms with E-state index in [1.54, 1.807) is 36.4 Å². The molecule has 0 bridgehead atoms. The molecule has 3 aromatic rings. The van der Waals surface area contributed by atoms with E-state index in [0.29, 0.717) is 31.2 Å². The number of hydrogen-bond donors (Lipinski definition) is 1. The minimum Gasteiger partial charge on any atom is -0.495 e. The van der Waals surface area contributed by atoms with Crippen LogP contribution in [0.25, 0.3) is 0 Å². The van der Waals surface area contributed by atoms with Gasteiger partial charge in [0.15, 0.2) is 0 Å². The van der Waals surface area contributed by atoms with E-state index in [9.17, 15) is 13.2 Å². The minimum atomic E-state index is -4.05. The van der Waals surface area contributed by atoms with Gasteiger partial charge in [0.1, 0.15) is 12.3 Å². The molecule has 0 radical (unpaired) electrons. The third-order valence-corrected chi connectivity index (χ3v) is 8.73. The van der Waals surface area contributed by atoms with E-state index >= 15 is 0 Å². The third kappa shape index (κ3) is 5.97. The highest BCUT2D eigenvalue weighted by Crippen LogP contribution is 2.35. The minimum absolute atomic E-state index is 0.111. The van der Waals surface area contributed by atoms with E-state index in [4.69, 9.17) is 9.47 Å². The number of sulfonamides is 1. The zero-order valence-electron chi connectivity index (χ0n) is 21.6. The second-order valence-electron chi connectivity index (χ2n) is 9.54. The molecule has 0 unspecified atom stereocenters. The zero-order valence-corrected chi connectivity index (χ0v) is 22.4. The first-order valence-electron chi connectivity index (χ1n) is 12.4. The SMILES string of the molecule is COc1ccc(C)cc1N(CC(=O)NCC1(c2ccccc2)CCOCC1)S(=O)(=O)c1ccc(C)cc1. The van der Waals surface area contributed by atoms with Crippen LogP contribution in [0.3, 0.4) is 0 Å². The van der Waals surface area contributed by atoms with Gasteiger partial charge in [-0.1, -0.05) is 54.1 Å². The molecular formula is C29H34N2O5S. The summed E-state index contributed by atoms with van der Waals surface area (Å²) in [4.78, 5) is 13.5. The molecule has 0 spiro atoms. The van der Waals surface area contributed by atoms with Crippen LogP contribution in [-0.4, -0.2) is 47.7 Å².